The monoisotopic (exact) mass is 171 g/mol. The van der Waals surface area contributed by atoms with E-state index in [2.05, 4.69) is 15.2 Å². The maximum Gasteiger partial charge on any atom is 0.239 e. The van der Waals surface area contributed by atoms with Crippen molar-refractivity contribution in [2.75, 3.05) is 6.26 Å². The minimum Gasteiger partial charge on any atom is -0.251 e. The molecule has 60 valence electrons. The fraction of sp³-hybridized carbons (Fsp3) is 0.500. The van der Waals surface area contributed by atoms with Crippen LogP contribution in [-0.4, -0.2) is 25.6 Å². The summed E-state index contributed by atoms with van der Waals surface area (Å²) in [5.41, 5.74) is 1.56. The lowest BCUT2D eigenvalue weighted by molar-refractivity contribution is 0.671. The Morgan fingerprint density at radius 2 is 1.82 bits per heavy atom. The zero-order valence-electron chi connectivity index (χ0n) is 6.66. The summed E-state index contributed by atoms with van der Waals surface area (Å²) in [5, 5.41) is 7.77. The zero-order chi connectivity index (χ0) is 8.43. The van der Waals surface area contributed by atoms with Crippen LogP contribution in [0.25, 0.3) is 0 Å². The van der Waals surface area contributed by atoms with E-state index in [4.69, 9.17) is 0 Å². The van der Waals surface area contributed by atoms with E-state index >= 15 is 0 Å². The Labute approximate surface area is 67.5 Å². The predicted molar refractivity (Wildman–Crippen MR) is 41.6 cm³/mol. The van der Waals surface area contributed by atoms with Crippen LogP contribution in [0.2, 0.25) is 0 Å². The first-order valence-corrected chi connectivity index (χ1v) is 4.68. The first kappa shape index (κ1) is 8.26. The van der Waals surface area contributed by atoms with Crippen molar-refractivity contribution in [2.24, 2.45) is 0 Å². The number of aryl methyl sites for hydroxylation is 2. The Hall–Kier alpha value is -0.840. The number of hydrogen-bond donors (Lipinski definition) is 0. The Morgan fingerprint density at radius 1 is 1.18 bits per heavy atom. The van der Waals surface area contributed by atoms with Gasteiger partial charge in [-0.3, -0.25) is 4.21 Å². The van der Waals surface area contributed by atoms with Gasteiger partial charge in [0.05, 0.1) is 22.2 Å². The van der Waals surface area contributed by atoms with Crippen molar-refractivity contribution < 1.29 is 4.21 Å². The average Bonchev–Trinajstić information content (AvgIpc) is 1.94. The van der Waals surface area contributed by atoms with Crippen LogP contribution in [0.5, 0.6) is 0 Å². The largest absolute Gasteiger partial charge is 0.251 e. The van der Waals surface area contributed by atoms with Crippen LogP contribution in [0, 0.1) is 13.8 Å². The zero-order valence-corrected chi connectivity index (χ0v) is 7.47. The Bertz CT molecular complexity index is 300. The molecule has 0 aromatic carbocycles. The second-order valence-electron chi connectivity index (χ2n) is 2.22. The highest BCUT2D eigenvalue weighted by atomic mass is 32.2. The Balaban J connectivity index is 3.15. The molecule has 11 heavy (non-hydrogen) atoms. The summed E-state index contributed by atoms with van der Waals surface area (Å²) in [6, 6.07) is 0. The van der Waals surface area contributed by atoms with E-state index in [1.807, 2.05) is 13.8 Å². The highest BCUT2D eigenvalue weighted by Crippen LogP contribution is 1.99. The molecule has 0 aliphatic heterocycles. The first-order valence-electron chi connectivity index (χ1n) is 3.12. The second kappa shape index (κ2) is 3.04. The summed E-state index contributed by atoms with van der Waals surface area (Å²) >= 11 is 0. The third-order valence-corrected chi connectivity index (χ3v) is 2.02. The van der Waals surface area contributed by atoms with Crippen LogP contribution in [-0.2, 0) is 10.8 Å². The van der Waals surface area contributed by atoms with E-state index in [0.717, 1.165) is 11.4 Å². The molecule has 1 heterocycles. The van der Waals surface area contributed by atoms with Crippen molar-refractivity contribution in [2.45, 2.75) is 19.0 Å². The van der Waals surface area contributed by atoms with Gasteiger partial charge >= 0.3 is 0 Å². The molecule has 0 aliphatic carbocycles. The number of hydrogen-bond acceptors (Lipinski definition) is 4. The molecule has 4 nitrogen and oxygen atoms in total. The summed E-state index contributed by atoms with van der Waals surface area (Å²) in [7, 11) is -1.13. The molecule has 0 aliphatic rings. The molecule has 0 saturated carbocycles. The van der Waals surface area contributed by atoms with Crippen LogP contribution in [0.3, 0.4) is 0 Å². The van der Waals surface area contributed by atoms with Gasteiger partial charge < -0.3 is 0 Å². The molecule has 1 unspecified atom stereocenters. The van der Waals surface area contributed by atoms with Crippen molar-refractivity contribution in [1.29, 1.82) is 0 Å². The van der Waals surface area contributed by atoms with Gasteiger partial charge in [0.2, 0.25) is 5.16 Å². The molecule has 1 atom stereocenters. The third-order valence-electron chi connectivity index (χ3n) is 1.33. The number of rotatable bonds is 1. The maximum absolute atomic E-state index is 10.9. The smallest absolute Gasteiger partial charge is 0.239 e. The van der Waals surface area contributed by atoms with Crippen LogP contribution in [0.15, 0.2) is 5.16 Å². The lowest BCUT2D eigenvalue weighted by Gasteiger charge is -1.97. The van der Waals surface area contributed by atoms with E-state index in [1.165, 1.54) is 6.26 Å². The molecule has 0 amide bonds. The Morgan fingerprint density at radius 3 is 2.27 bits per heavy atom. The lowest BCUT2D eigenvalue weighted by Crippen LogP contribution is -2.03. The molecule has 5 heteroatoms. The van der Waals surface area contributed by atoms with Gasteiger partial charge in [0, 0.05) is 6.26 Å². The average molecular weight is 171 g/mol. The molecule has 0 saturated heterocycles. The molecule has 0 fully saturated rings. The van der Waals surface area contributed by atoms with E-state index in [9.17, 15) is 4.21 Å². The summed E-state index contributed by atoms with van der Waals surface area (Å²) in [6.07, 6.45) is 1.53. The van der Waals surface area contributed by atoms with Crippen molar-refractivity contribution in [3.63, 3.8) is 0 Å². The van der Waals surface area contributed by atoms with Gasteiger partial charge in [0.25, 0.3) is 0 Å². The molecule has 0 N–H and O–H groups in total. The molecule has 0 bridgehead atoms. The topological polar surface area (TPSA) is 55.7 Å². The lowest BCUT2D eigenvalue weighted by atomic mass is 10.4. The molecule has 1 aromatic rings. The van der Waals surface area contributed by atoms with Gasteiger partial charge in [-0.05, 0) is 13.8 Å². The highest BCUT2D eigenvalue weighted by Gasteiger charge is 2.03. The molecule has 0 spiro atoms. The summed E-state index contributed by atoms with van der Waals surface area (Å²) in [6.45, 7) is 3.64. The molecular weight excluding hydrogens is 162 g/mol. The predicted octanol–water partition coefficient (Wildman–Crippen LogP) is 0.226. The summed E-state index contributed by atoms with van der Waals surface area (Å²) in [5.74, 6) is 0. The summed E-state index contributed by atoms with van der Waals surface area (Å²) in [4.78, 5) is 4.00. The fourth-order valence-electron chi connectivity index (χ4n) is 0.559. The molecular formula is C6H9N3OS. The van der Waals surface area contributed by atoms with Gasteiger partial charge in [-0.1, -0.05) is 0 Å². The standard InChI is InChI=1S/C6H9N3OS/c1-4-5(2)8-9-6(7-4)11(3)10/h1-3H3. The van der Waals surface area contributed by atoms with Crippen LogP contribution < -0.4 is 0 Å². The molecule has 1 rings (SSSR count). The molecule has 0 radical (unpaired) electrons. The van der Waals surface area contributed by atoms with E-state index in [0.29, 0.717) is 5.16 Å². The minimum absolute atomic E-state index is 0.299. The summed E-state index contributed by atoms with van der Waals surface area (Å²) < 4.78 is 10.9. The maximum atomic E-state index is 10.9. The fourth-order valence-corrected chi connectivity index (χ4v) is 0.980. The number of aromatic nitrogens is 3. The highest BCUT2D eigenvalue weighted by molar-refractivity contribution is 7.84. The van der Waals surface area contributed by atoms with E-state index in [1.54, 1.807) is 0 Å². The quantitative estimate of drug-likeness (QED) is 0.606. The van der Waals surface area contributed by atoms with Gasteiger partial charge in [0.1, 0.15) is 0 Å². The van der Waals surface area contributed by atoms with Crippen LogP contribution >= 0.6 is 0 Å². The van der Waals surface area contributed by atoms with Gasteiger partial charge in [0.15, 0.2) is 0 Å². The number of nitrogens with zero attached hydrogens (tertiary/aromatic N) is 3. The third kappa shape index (κ3) is 1.80. The van der Waals surface area contributed by atoms with E-state index in [-0.39, 0.29) is 0 Å². The van der Waals surface area contributed by atoms with Crippen LogP contribution in [0.1, 0.15) is 11.4 Å². The van der Waals surface area contributed by atoms with Crippen molar-refractivity contribution in [3.05, 3.63) is 11.4 Å². The normalized spacial score (nSPS) is 13.0. The van der Waals surface area contributed by atoms with Gasteiger partial charge in [-0.25, -0.2) is 4.98 Å². The van der Waals surface area contributed by atoms with Crippen LogP contribution in [0.4, 0.5) is 0 Å². The Kier molecular flexibility index (Phi) is 2.28. The van der Waals surface area contributed by atoms with Gasteiger partial charge in [-0.2, -0.15) is 5.10 Å². The van der Waals surface area contributed by atoms with Crippen molar-refractivity contribution in [3.8, 4) is 0 Å². The van der Waals surface area contributed by atoms with E-state index < -0.39 is 10.8 Å². The molecule has 1 aromatic heterocycles. The van der Waals surface area contributed by atoms with Gasteiger partial charge in [-0.15, -0.1) is 5.10 Å². The SMILES string of the molecule is Cc1nnc(S(C)=O)nc1C. The second-order valence-corrected chi connectivity index (χ2v) is 3.49. The van der Waals surface area contributed by atoms with Crippen molar-refractivity contribution >= 4 is 10.8 Å². The minimum atomic E-state index is -1.13. The van der Waals surface area contributed by atoms with Crippen molar-refractivity contribution in [1.82, 2.24) is 15.2 Å². The first-order chi connectivity index (χ1) is 5.11.